The monoisotopic (exact) mass is 245 g/mol. The Kier molecular flexibility index (Phi) is 5.18. The lowest BCUT2D eigenvalue weighted by Crippen LogP contribution is -2.19. The molecule has 0 spiro atoms. The van der Waals surface area contributed by atoms with Gasteiger partial charge >= 0.3 is 0 Å². The van der Waals surface area contributed by atoms with E-state index < -0.39 is 0 Å². The second kappa shape index (κ2) is 6.64. The van der Waals surface area contributed by atoms with Crippen LogP contribution in [0.15, 0.2) is 47.4 Å². The Hall–Kier alpha value is -2.03. The zero-order valence-electron chi connectivity index (χ0n) is 11.3. The van der Waals surface area contributed by atoms with Gasteiger partial charge in [-0.15, -0.1) is 0 Å². The third-order valence-corrected chi connectivity index (χ3v) is 2.47. The predicted octanol–water partition coefficient (Wildman–Crippen LogP) is 3.18. The summed E-state index contributed by atoms with van der Waals surface area (Å²) in [6.07, 6.45) is 1.75. The van der Waals surface area contributed by atoms with Crippen LogP contribution in [0.5, 0.6) is 5.75 Å². The first kappa shape index (κ1) is 14.0. The highest BCUT2D eigenvalue weighted by Crippen LogP contribution is 2.14. The molecular formula is C15H19NO2. The topological polar surface area (TPSA) is 31.2 Å². The summed E-state index contributed by atoms with van der Waals surface area (Å²) >= 11 is 0. The molecule has 0 N–H and O–H groups in total. The summed E-state index contributed by atoms with van der Waals surface area (Å²) in [5.41, 5.74) is 1.54. The molecule has 0 unspecified atom stereocenters. The molecule has 0 atom stereocenters. The number of benzene rings is 1. The van der Waals surface area contributed by atoms with Crippen LogP contribution in [0, 0.1) is 6.92 Å². The normalized spacial score (nSPS) is 9.33. The standard InChI is InChI=1S/C13H13NO2.C2H6/c1-10-5-4-8-14(13(10)15)11-6-3-7-12(9-11)16-2;1-2/h3-9H,1-2H3;1-2H3. The Labute approximate surface area is 108 Å². The minimum absolute atomic E-state index is 0.00393. The van der Waals surface area contributed by atoms with E-state index in [4.69, 9.17) is 4.74 Å². The zero-order chi connectivity index (χ0) is 13.5. The molecular weight excluding hydrogens is 226 g/mol. The van der Waals surface area contributed by atoms with Gasteiger partial charge in [-0.25, -0.2) is 0 Å². The molecule has 0 amide bonds. The van der Waals surface area contributed by atoms with Crippen LogP contribution in [0.4, 0.5) is 0 Å². The van der Waals surface area contributed by atoms with Crippen LogP contribution in [-0.4, -0.2) is 11.7 Å². The molecule has 0 aliphatic heterocycles. The number of pyridine rings is 1. The van der Waals surface area contributed by atoms with Crippen molar-refractivity contribution in [1.29, 1.82) is 0 Å². The van der Waals surface area contributed by atoms with Crippen molar-refractivity contribution in [2.24, 2.45) is 0 Å². The molecule has 2 rings (SSSR count). The van der Waals surface area contributed by atoms with Crippen LogP contribution in [0.25, 0.3) is 5.69 Å². The third-order valence-electron chi connectivity index (χ3n) is 2.47. The Bertz CT molecular complexity index is 558. The van der Waals surface area contributed by atoms with Gasteiger partial charge in [-0.3, -0.25) is 9.36 Å². The van der Waals surface area contributed by atoms with Crippen molar-refractivity contribution in [2.45, 2.75) is 20.8 Å². The molecule has 1 aromatic heterocycles. The van der Waals surface area contributed by atoms with Gasteiger partial charge in [-0.1, -0.05) is 26.0 Å². The lowest BCUT2D eigenvalue weighted by atomic mass is 10.2. The summed E-state index contributed by atoms with van der Waals surface area (Å²) in [6, 6.07) is 11.1. The van der Waals surface area contributed by atoms with Crippen molar-refractivity contribution >= 4 is 0 Å². The SMILES string of the molecule is CC.COc1cccc(-n2cccc(C)c2=O)c1. The molecule has 0 bridgehead atoms. The van der Waals surface area contributed by atoms with Gasteiger partial charge in [-0.05, 0) is 25.1 Å². The van der Waals surface area contributed by atoms with E-state index in [1.165, 1.54) is 0 Å². The minimum atomic E-state index is -0.00393. The fraction of sp³-hybridized carbons (Fsp3) is 0.267. The molecule has 2 aromatic rings. The Balaban J connectivity index is 0.000000771. The minimum Gasteiger partial charge on any atom is -0.497 e. The summed E-state index contributed by atoms with van der Waals surface area (Å²) in [5.74, 6) is 0.742. The second-order valence-electron chi connectivity index (χ2n) is 3.57. The third kappa shape index (κ3) is 3.00. The Morgan fingerprint density at radius 2 is 1.83 bits per heavy atom. The maximum Gasteiger partial charge on any atom is 0.257 e. The van der Waals surface area contributed by atoms with E-state index in [0.717, 1.165) is 17.0 Å². The number of ether oxygens (including phenoxy) is 1. The zero-order valence-corrected chi connectivity index (χ0v) is 11.3. The van der Waals surface area contributed by atoms with Crippen molar-refractivity contribution in [3.05, 3.63) is 58.5 Å². The summed E-state index contributed by atoms with van der Waals surface area (Å²) in [5, 5.41) is 0. The molecule has 96 valence electrons. The molecule has 1 heterocycles. The molecule has 0 aliphatic rings. The number of rotatable bonds is 2. The molecule has 3 nitrogen and oxygen atoms in total. The lowest BCUT2D eigenvalue weighted by Gasteiger charge is -2.07. The maximum atomic E-state index is 11.9. The second-order valence-corrected chi connectivity index (χ2v) is 3.57. The molecule has 0 aliphatic carbocycles. The van der Waals surface area contributed by atoms with E-state index in [9.17, 15) is 4.79 Å². The van der Waals surface area contributed by atoms with Crippen LogP contribution >= 0.6 is 0 Å². The number of hydrogen-bond acceptors (Lipinski definition) is 2. The van der Waals surface area contributed by atoms with Crippen LogP contribution in [0.3, 0.4) is 0 Å². The summed E-state index contributed by atoms with van der Waals surface area (Å²) in [4.78, 5) is 11.9. The van der Waals surface area contributed by atoms with Gasteiger partial charge in [0.15, 0.2) is 0 Å². The highest BCUT2D eigenvalue weighted by molar-refractivity contribution is 5.39. The molecule has 0 radical (unpaired) electrons. The number of aromatic nitrogens is 1. The van der Waals surface area contributed by atoms with Crippen LogP contribution in [0.1, 0.15) is 19.4 Å². The molecule has 0 saturated heterocycles. The Morgan fingerprint density at radius 1 is 1.11 bits per heavy atom. The van der Waals surface area contributed by atoms with Gasteiger partial charge in [0.05, 0.1) is 12.8 Å². The van der Waals surface area contributed by atoms with Gasteiger partial charge in [-0.2, -0.15) is 0 Å². The van der Waals surface area contributed by atoms with Crippen LogP contribution in [-0.2, 0) is 0 Å². The van der Waals surface area contributed by atoms with E-state index in [0.29, 0.717) is 0 Å². The highest BCUT2D eigenvalue weighted by atomic mass is 16.5. The molecule has 0 fully saturated rings. The van der Waals surface area contributed by atoms with Crippen molar-refractivity contribution in [3.63, 3.8) is 0 Å². The summed E-state index contributed by atoms with van der Waals surface area (Å²) in [7, 11) is 1.61. The first-order valence-corrected chi connectivity index (χ1v) is 6.05. The van der Waals surface area contributed by atoms with Crippen molar-refractivity contribution in [3.8, 4) is 11.4 Å². The average molecular weight is 245 g/mol. The van der Waals surface area contributed by atoms with Gasteiger partial charge in [0.2, 0.25) is 0 Å². The molecule has 0 saturated carbocycles. The number of hydrogen-bond donors (Lipinski definition) is 0. The highest BCUT2D eigenvalue weighted by Gasteiger charge is 2.02. The summed E-state index contributed by atoms with van der Waals surface area (Å²) in [6.45, 7) is 5.80. The van der Waals surface area contributed by atoms with Crippen molar-refractivity contribution in [1.82, 2.24) is 4.57 Å². The van der Waals surface area contributed by atoms with E-state index in [1.807, 2.05) is 44.2 Å². The molecule has 1 aromatic carbocycles. The first-order valence-electron chi connectivity index (χ1n) is 6.05. The fourth-order valence-electron chi connectivity index (χ4n) is 1.57. The van der Waals surface area contributed by atoms with Crippen molar-refractivity contribution < 1.29 is 4.74 Å². The number of aryl methyl sites for hydroxylation is 1. The predicted molar refractivity (Wildman–Crippen MR) is 74.7 cm³/mol. The molecule has 3 heteroatoms. The lowest BCUT2D eigenvalue weighted by molar-refractivity contribution is 0.414. The van der Waals surface area contributed by atoms with E-state index in [-0.39, 0.29) is 5.56 Å². The van der Waals surface area contributed by atoms with E-state index in [1.54, 1.807) is 30.9 Å². The van der Waals surface area contributed by atoms with E-state index >= 15 is 0 Å². The van der Waals surface area contributed by atoms with Gasteiger partial charge in [0, 0.05) is 17.8 Å². The van der Waals surface area contributed by atoms with Gasteiger partial charge < -0.3 is 4.74 Å². The van der Waals surface area contributed by atoms with Crippen LogP contribution < -0.4 is 10.3 Å². The Morgan fingerprint density at radius 3 is 2.50 bits per heavy atom. The average Bonchev–Trinajstić information content (AvgIpc) is 2.44. The quantitative estimate of drug-likeness (QED) is 0.813. The largest absolute Gasteiger partial charge is 0.497 e. The smallest absolute Gasteiger partial charge is 0.257 e. The van der Waals surface area contributed by atoms with Gasteiger partial charge in [0.25, 0.3) is 5.56 Å². The number of nitrogens with zero attached hydrogens (tertiary/aromatic N) is 1. The van der Waals surface area contributed by atoms with Crippen molar-refractivity contribution in [2.75, 3.05) is 7.11 Å². The van der Waals surface area contributed by atoms with Gasteiger partial charge in [0.1, 0.15) is 5.75 Å². The maximum absolute atomic E-state index is 11.9. The molecule has 18 heavy (non-hydrogen) atoms. The fourth-order valence-corrected chi connectivity index (χ4v) is 1.57. The first-order chi connectivity index (χ1) is 8.72. The summed E-state index contributed by atoms with van der Waals surface area (Å²) < 4.78 is 6.74. The van der Waals surface area contributed by atoms with E-state index in [2.05, 4.69) is 0 Å². The van der Waals surface area contributed by atoms with Crippen LogP contribution in [0.2, 0.25) is 0 Å². The number of methoxy groups -OCH3 is 1.